The number of carbonyl (C=O) groups excluding carboxylic acids is 1. The fourth-order valence-electron chi connectivity index (χ4n) is 3.64. The minimum Gasteiger partial charge on any atom is -0.444 e. The molecule has 0 aliphatic carbocycles. The van der Waals surface area contributed by atoms with Crippen LogP contribution in [0, 0.1) is 5.82 Å². The summed E-state index contributed by atoms with van der Waals surface area (Å²) in [5.74, 6) is -1.40. The number of hydrogen-bond donors (Lipinski definition) is 1. The van der Waals surface area contributed by atoms with E-state index in [1.807, 2.05) is 27.7 Å². The molecule has 1 amide bonds. The third-order valence-electron chi connectivity index (χ3n) is 6.24. The fourth-order valence-corrected chi connectivity index (χ4v) is 5.12. The Morgan fingerprint density at radius 1 is 1.18 bits per heavy atom. The number of hydrogen-bond acceptors (Lipinski definition) is 7. The molecule has 1 fully saturated rings. The van der Waals surface area contributed by atoms with E-state index in [9.17, 15) is 13.2 Å². The SMILES string of the molecule is CN1C(NC(=O)OC(C)(C)C)=N[C@](C)(c2cc(B3OC(C)(C)C(C)(C)O3)ccc2F)CS1(=O)=O. The van der Waals surface area contributed by atoms with Crippen molar-refractivity contribution in [2.45, 2.75) is 77.7 Å². The van der Waals surface area contributed by atoms with Gasteiger partial charge in [-0.3, -0.25) is 5.32 Å². The molecule has 3 rings (SSSR count). The van der Waals surface area contributed by atoms with Crippen LogP contribution in [-0.2, 0) is 29.6 Å². The van der Waals surface area contributed by atoms with Crippen molar-refractivity contribution < 1.29 is 31.6 Å². The van der Waals surface area contributed by atoms with E-state index in [1.54, 1.807) is 20.8 Å². The van der Waals surface area contributed by atoms with E-state index in [1.165, 1.54) is 32.2 Å². The minimum absolute atomic E-state index is 0.0416. The molecule has 2 aliphatic rings. The molecule has 0 saturated carbocycles. The molecule has 0 unspecified atom stereocenters. The molecule has 0 aromatic heterocycles. The molecule has 0 radical (unpaired) electrons. The van der Waals surface area contributed by atoms with Crippen molar-refractivity contribution in [1.29, 1.82) is 0 Å². The Balaban J connectivity index is 2.02. The summed E-state index contributed by atoms with van der Waals surface area (Å²) in [6.45, 7) is 14.1. The van der Waals surface area contributed by atoms with Crippen LogP contribution in [0.5, 0.6) is 0 Å². The topological polar surface area (TPSA) is 107 Å². The first kappa shape index (κ1) is 26.4. The smallest absolute Gasteiger partial charge is 0.444 e. The molecule has 2 heterocycles. The van der Waals surface area contributed by atoms with Gasteiger partial charge in [0, 0.05) is 12.6 Å². The van der Waals surface area contributed by atoms with E-state index >= 15 is 4.39 Å². The predicted molar refractivity (Wildman–Crippen MR) is 128 cm³/mol. The average Bonchev–Trinajstić information content (AvgIpc) is 2.85. The van der Waals surface area contributed by atoms with Crippen LogP contribution in [0.15, 0.2) is 23.2 Å². The molecule has 12 heteroatoms. The number of nitrogens with one attached hydrogen (secondary N) is 1. The van der Waals surface area contributed by atoms with E-state index in [-0.39, 0.29) is 11.5 Å². The minimum atomic E-state index is -3.94. The number of aliphatic imine (C=N–C) groups is 1. The van der Waals surface area contributed by atoms with Gasteiger partial charge >= 0.3 is 13.2 Å². The number of sulfonamides is 1. The fraction of sp³-hybridized carbons (Fsp3) is 0.636. The summed E-state index contributed by atoms with van der Waals surface area (Å²) < 4.78 is 59.2. The number of guanidine groups is 1. The first-order valence-electron chi connectivity index (χ1n) is 11.0. The van der Waals surface area contributed by atoms with Crippen LogP contribution in [-0.4, -0.2) is 61.5 Å². The molecule has 0 bridgehead atoms. The van der Waals surface area contributed by atoms with Crippen LogP contribution < -0.4 is 10.8 Å². The second kappa shape index (κ2) is 8.20. The van der Waals surface area contributed by atoms with Crippen molar-refractivity contribution in [2.75, 3.05) is 12.8 Å². The van der Waals surface area contributed by atoms with Crippen molar-refractivity contribution in [3.05, 3.63) is 29.6 Å². The summed E-state index contributed by atoms with van der Waals surface area (Å²) in [6.07, 6.45) is -0.871. The molecule has 1 aromatic rings. The highest BCUT2D eigenvalue weighted by Crippen LogP contribution is 2.38. The Bertz CT molecular complexity index is 1120. The second-order valence-electron chi connectivity index (χ2n) is 10.9. The van der Waals surface area contributed by atoms with Crippen molar-refractivity contribution in [3.63, 3.8) is 0 Å². The van der Waals surface area contributed by atoms with Crippen molar-refractivity contribution >= 4 is 34.7 Å². The zero-order chi connectivity index (χ0) is 25.9. The van der Waals surface area contributed by atoms with E-state index in [4.69, 9.17) is 14.0 Å². The van der Waals surface area contributed by atoms with Crippen LogP contribution >= 0.6 is 0 Å². The number of nitrogens with zero attached hydrogens (tertiary/aromatic N) is 2. The summed E-state index contributed by atoms with van der Waals surface area (Å²) >= 11 is 0. The van der Waals surface area contributed by atoms with Gasteiger partial charge in [-0.2, -0.15) is 0 Å². The van der Waals surface area contributed by atoms with Gasteiger partial charge in [0.2, 0.25) is 16.0 Å². The lowest BCUT2D eigenvalue weighted by atomic mass is 9.76. The first-order valence-corrected chi connectivity index (χ1v) is 12.6. The number of benzene rings is 1. The van der Waals surface area contributed by atoms with Gasteiger partial charge in [0.15, 0.2) is 0 Å². The van der Waals surface area contributed by atoms with Crippen LogP contribution in [0.25, 0.3) is 0 Å². The van der Waals surface area contributed by atoms with Crippen LogP contribution in [0.3, 0.4) is 0 Å². The van der Waals surface area contributed by atoms with Gasteiger partial charge in [0.1, 0.15) is 17.0 Å². The molecule has 1 saturated heterocycles. The lowest BCUT2D eigenvalue weighted by Crippen LogP contribution is -2.54. The monoisotopic (exact) mass is 497 g/mol. The van der Waals surface area contributed by atoms with Gasteiger partial charge in [0.05, 0.1) is 17.0 Å². The number of ether oxygens (including phenoxy) is 1. The number of carbonyl (C=O) groups is 1. The van der Waals surface area contributed by atoms with E-state index in [2.05, 4.69) is 10.3 Å². The maximum atomic E-state index is 15.1. The second-order valence-corrected chi connectivity index (χ2v) is 12.9. The molecule has 2 aliphatic heterocycles. The molecule has 9 nitrogen and oxygen atoms in total. The lowest BCUT2D eigenvalue weighted by molar-refractivity contribution is 0.00578. The molecular formula is C22H33BFN3O6S. The standard InChI is InChI=1S/C22H33BFN3O6S/c1-19(2,3)31-18(28)25-17-26-22(8,13-34(29,30)27(17)9)15-12-14(10-11-16(15)24)23-32-20(4,5)21(6,7)33-23/h10-12H,13H2,1-9H3,(H,25,26,28)/t22-/m0/s1. The summed E-state index contributed by atoms with van der Waals surface area (Å²) in [4.78, 5) is 16.8. The highest BCUT2D eigenvalue weighted by Gasteiger charge is 2.52. The number of alkyl carbamates (subject to hydrolysis) is 1. The van der Waals surface area contributed by atoms with Crippen molar-refractivity contribution in [1.82, 2.24) is 9.62 Å². The number of amides is 1. The summed E-state index contributed by atoms with van der Waals surface area (Å²) in [5.41, 5.74) is -2.96. The van der Waals surface area contributed by atoms with Crippen LogP contribution in [0.4, 0.5) is 9.18 Å². The van der Waals surface area contributed by atoms with Crippen LogP contribution in [0.2, 0.25) is 0 Å². The number of rotatable bonds is 2. The third-order valence-corrected chi connectivity index (χ3v) is 8.17. The number of halogens is 1. The maximum Gasteiger partial charge on any atom is 0.494 e. The molecular weight excluding hydrogens is 464 g/mol. The van der Waals surface area contributed by atoms with Gasteiger partial charge in [-0.05, 0) is 66.9 Å². The molecule has 34 heavy (non-hydrogen) atoms. The highest BCUT2D eigenvalue weighted by atomic mass is 32.2. The van der Waals surface area contributed by atoms with Gasteiger partial charge in [0.25, 0.3) is 0 Å². The molecule has 1 N–H and O–H groups in total. The van der Waals surface area contributed by atoms with Gasteiger partial charge in [-0.1, -0.05) is 12.1 Å². The predicted octanol–water partition coefficient (Wildman–Crippen LogP) is 2.50. The average molecular weight is 497 g/mol. The molecule has 1 atom stereocenters. The van der Waals surface area contributed by atoms with Crippen molar-refractivity contribution in [3.8, 4) is 0 Å². The van der Waals surface area contributed by atoms with E-state index in [0.29, 0.717) is 5.46 Å². The summed E-state index contributed by atoms with van der Waals surface area (Å²) in [5, 5.41) is 2.38. The Morgan fingerprint density at radius 3 is 2.26 bits per heavy atom. The van der Waals surface area contributed by atoms with E-state index in [0.717, 1.165) is 4.31 Å². The van der Waals surface area contributed by atoms with Gasteiger partial charge in [-0.15, -0.1) is 0 Å². The summed E-state index contributed by atoms with van der Waals surface area (Å²) in [7, 11) is -3.44. The van der Waals surface area contributed by atoms with Crippen LogP contribution in [0.1, 0.15) is 61.0 Å². The van der Waals surface area contributed by atoms with E-state index < -0.39 is 57.1 Å². The Morgan fingerprint density at radius 2 is 1.74 bits per heavy atom. The Labute approximate surface area is 201 Å². The largest absolute Gasteiger partial charge is 0.494 e. The van der Waals surface area contributed by atoms with Gasteiger partial charge < -0.3 is 14.0 Å². The Kier molecular flexibility index (Phi) is 6.37. The lowest BCUT2D eigenvalue weighted by Gasteiger charge is -2.36. The summed E-state index contributed by atoms with van der Waals surface area (Å²) in [6, 6.07) is 4.28. The maximum absolute atomic E-state index is 15.1. The Hall–Kier alpha value is -2.18. The zero-order valence-electron chi connectivity index (χ0n) is 21.1. The quantitative estimate of drug-likeness (QED) is 0.630. The van der Waals surface area contributed by atoms with Crippen molar-refractivity contribution in [2.24, 2.45) is 4.99 Å². The molecule has 0 spiro atoms. The molecule has 1 aromatic carbocycles. The first-order chi connectivity index (χ1) is 15.3. The van der Waals surface area contributed by atoms with Gasteiger partial charge in [-0.25, -0.2) is 26.9 Å². The molecule has 188 valence electrons. The highest BCUT2D eigenvalue weighted by molar-refractivity contribution is 7.89. The normalized spacial score (nSPS) is 25.6. The zero-order valence-corrected chi connectivity index (χ0v) is 22.0. The third kappa shape index (κ3) is 5.08.